The Morgan fingerprint density at radius 1 is 1.22 bits per heavy atom. The number of carbonyl (C=O) groups excluding carboxylic acids is 1. The van der Waals surface area contributed by atoms with Gasteiger partial charge in [0, 0.05) is 18.1 Å². The van der Waals surface area contributed by atoms with Crippen LogP contribution in [-0.4, -0.2) is 25.9 Å². The van der Waals surface area contributed by atoms with Crippen molar-refractivity contribution in [3.05, 3.63) is 42.1 Å². The molecule has 0 aliphatic rings. The number of benzene rings is 1. The topological polar surface area (TPSA) is 128 Å². The fourth-order valence-corrected chi connectivity index (χ4v) is 2.98. The Labute approximate surface area is 135 Å². The third kappa shape index (κ3) is 4.98. The highest BCUT2D eigenvalue weighted by molar-refractivity contribution is 7.87. The van der Waals surface area contributed by atoms with Gasteiger partial charge in [-0.25, -0.2) is 9.86 Å². The van der Waals surface area contributed by atoms with Crippen LogP contribution in [0.25, 0.3) is 10.9 Å². The quantitative estimate of drug-likeness (QED) is 0.615. The highest BCUT2D eigenvalue weighted by Crippen LogP contribution is 2.27. The minimum atomic E-state index is -3.67. The summed E-state index contributed by atoms with van der Waals surface area (Å²) in [6.07, 6.45) is 3.41. The van der Waals surface area contributed by atoms with E-state index in [4.69, 9.17) is 10.9 Å². The van der Waals surface area contributed by atoms with E-state index in [1.54, 1.807) is 6.20 Å². The van der Waals surface area contributed by atoms with Crippen molar-refractivity contribution < 1.29 is 13.2 Å². The summed E-state index contributed by atoms with van der Waals surface area (Å²) in [6, 6.07) is 9.43. The molecule has 0 saturated carbocycles. The molecule has 23 heavy (non-hydrogen) atoms. The van der Waals surface area contributed by atoms with Crippen molar-refractivity contribution in [2.24, 2.45) is 10.9 Å². The lowest BCUT2D eigenvalue weighted by Crippen LogP contribution is -2.31. The molecule has 2 rings (SSSR count). The van der Waals surface area contributed by atoms with Crippen molar-refractivity contribution in [3.8, 4) is 0 Å². The smallest absolute Gasteiger partial charge is 0.274 e. The van der Waals surface area contributed by atoms with E-state index in [1.807, 2.05) is 30.3 Å². The number of primary amides is 1. The predicted octanol–water partition coefficient (Wildman–Crippen LogP) is 0.767. The van der Waals surface area contributed by atoms with Gasteiger partial charge < -0.3 is 5.73 Å². The van der Waals surface area contributed by atoms with Gasteiger partial charge >= 0.3 is 0 Å². The van der Waals surface area contributed by atoms with Crippen LogP contribution in [-0.2, 0) is 15.0 Å². The number of nitrogens with two attached hydrogens (primary N) is 2. The van der Waals surface area contributed by atoms with Crippen LogP contribution in [0, 0.1) is 0 Å². The molecule has 8 heteroatoms. The first-order valence-corrected chi connectivity index (χ1v) is 8.83. The zero-order valence-electron chi connectivity index (χ0n) is 12.6. The van der Waals surface area contributed by atoms with Gasteiger partial charge in [-0.05, 0) is 24.5 Å². The Balaban J connectivity index is 2.08. The lowest BCUT2D eigenvalue weighted by atomic mass is 9.91. The van der Waals surface area contributed by atoms with E-state index in [0.717, 1.165) is 16.5 Å². The first-order valence-electron chi connectivity index (χ1n) is 7.29. The summed E-state index contributed by atoms with van der Waals surface area (Å²) in [7, 11) is -3.67. The Bertz CT molecular complexity index is 787. The molecule has 1 aromatic carbocycles. The maximum atomic E-state index is 11.8. The molecule has 1 aromatic heterocycles. The van der Waals surface area contributed by atoms with Crippen LogP contribution in [0.5, 0.6) is 0 Å². The summed E-state index contributed by atoms with van der Waals surface area (Å²) in [5.74, 6) is -0.870. The maximum absolute atomic E-state index is 11.8. The van der Waals surface area contributed by atoms with Crippen molar-refractivity contribution >= 4 is 27.0 Å². The molecule has 0 saturated heterocycles. The van der Waals surface area contributed by atoms with Crippen molar-refractivity contribution in [1.82, 2.24) is 9.71 Å². The molecule has 0 bridgehead atoms. The van der Waals surface area contributed by atoms with Crippen molar-refractivity contribution in [3.63, 3.8) is 0 Å². The molecular formula is C15H20N4O3S. The van der Waals surface area contributed by atoms with E-state index in [0.29, 0.717) is 19.3 Å². The molecular weight excluding hydrogens is 316 g/mol. The summed E-state index contributed by atoms with van der Waals surface area (Å²) in [6.45, 7) is 0.234. The second-order valence-electron chi connectivity index (χ2n) is 5.31. The Kier molecular flexibility index (Phi) is 5.64. The summed E-state index contributed by atoms with van der Waals surface area (Å²) < 4.78 is 23.8. The van der Waals surface area contributed by atoms with Gasteiger partial charge in [-0.3, -0.25) is 9.78 Å². The van der Waals surface area contributed by atoms with Crippen LogP contribution >= 0.6 is 0 Å². The third-order valence-corrected chi connectivity index (χ3v) is 4.21. The number of unbranched alkanes of at least 4 members (excludes halogenated alkanes) is 1. The lowest BCUT2D eigenvalue weighted by molar-refractivity contribution is -0.119. The Hall–Kier alpha value is -2.03. The van der Waals surface area contributed by atoms with Crippen LogP contribution in [0.4, 0.5) is 0 Å². The second-order valence-corrected chi connectivity index (χ2v) is 6.69. The van der Waals surface area contributed by atoms with E-state index in [9.17, 15) is 13.2 Å². The fourth-order valence-electron chi connectivity index (χ4n) is 2.55. The molecule has 1 amide bonds. The molecule has 0 fully saturated rings. The van der Waals surface area contributed by atoms with E-state index < -0.39 is 22.0 Å². The van der Waals surface area contributed by atoms with Crippen molar-refractivity contribution in [2.75, 3.05) is 6.54 Å². The van der Waals surface area contributed by atoms with Gasteiger partial charge in [-0.1, -0.05) is 30.7 Å². The summed E-state index contributed by atoms with van der Waals surface area (Å²) in [4.78, 5) is 16.2. The SMILES string of the molecule is NC(=O)C(CCCCNS(N)(=O)=O)c1cccc2cccnc12. The monoisotopic (exact) mass is 336 g/mol. The van der Waals surface area contributed by atoms with E-state index in [-0.39, 0.29) is 6.54 Å². The maximum Gasteiger partial charge on any atom is 0.274 e. The molecule has 1 heterocycles. The van der Waals surface area contributed by atoms with Crippen LogP contribution < -0.4 is 15.6 Å². The van der Waals surface area contributed by atoms with Gasteiger partial charge in [0.05, 0.1) is 11.4 Å². The number of nitrogens with zero attached hydrogens (tertiary/aromatic N) is 1. The second kappa shape index (κ2) is 7.49. The minimum absolute atomic E-state index is 0.234. The number of fused-ring (bicyclic) bond motifs is 1. The number of hydrogen-bond acceptors (Lipinski definition) is 4. The summed E-state index contributed by atoms with van der Waals surface area (Å²) >= 11 is 0. The number of amides is 1. The minimum Gasteiger partial charge on any atom is -0.369 e. The fraction of sp³-hybridized carbons (Fsp3) is 0.333. The first kappa shape index (κ1) is 17.3. The molecule has 7 nitrogen and oxygen atoms in total. The van der Waals surface area contributed by atoms with Crippen LogP contribution in [0.2, 0.25) is 0 Å². The van der Waals surface area contributed by atoms with Gasteiger partial charge in [-0.2, -0.15) is 8.42 Å². The standard InChI is InChI=1S/C15H20N4O3S/c16-15(20)13(7-1-2-10-19-23(17,21)22)12-8-3-5-11-6-4-9-18-14(11)12/h3-6,8-9,13,19H,1-2,7,10H2,(H2,16,20)(H2,17,21,22). The van der Waals surface area contributed by atoms with Gasteiger partial charge in [0.15, 0.2) is 0 Å². The van der Waals surface area contributed by atoms with Gasteiger partial charge in [-0.15, -0.1) is 0 Å². The number of aromatic nitrogens is 1. The van der Waals surface area contributed by atoms with Crippen molar-refractivity contribution in [2.45, 2.75) is 25.2 Å². The van der Waals surface area contributed by atoms with Gasteiger partial charge in [0.1, 0.15) is 0 Å². The Morgan fingerprint density at radius 3 is 2.65 bits per heavy atom. The van der Waals surface area contributed by atoms with Gasteiger partial charge in [0.25, 0.3) is 10.2 Å². The average Bonchev–Trinajstić information content (AvgIpc) is 2.49. The molecule has 0 radical (unpaired) electrons. The number of para-hydroxylation sites is 1. The molecule has 5 N–H and O–H groups in total. The van der Waals surface area contributed by atoms with Crippen LogP contribution in [0.15, 0.2) is 36.5 Å². The van der Waals surface area contributed by atoms with Crippen LogP contribution in [0.3, 0.4) is 0 Å². The zero-order valence-corrected chi connectivity index (χ0v) is 13.4. The molecule has 1 atom stereocenters. The Morgan fingerprint density at radius 2 is 1.96 bits per heavy atom. The normalized spacial score (nSPS) is 13.1. The predicted molar refractivity (Wildman–Crippen MR) is 88.6 cm³/mol. The third-order valence-electron chi connectivity index (χ3n) is 3.61. The largest absolute Gasteiger partial charge is 0.369 e. The lowest BCUT2D eigenvalue weighted by Gasteiger charge is -2.15. The molecule has 0 aliphatic heterocycles. The zero-order chi connectivity index (χ0) is 16.9. The number of rotatable bonds is 8. The molecule has 0 spiro atoms. The molecule has 0 aliphatic carbocycles. The van der Waals surface area contributed by atoms with Crippen molar-refractivity contribution in [1.29, 1.82) is 0 Å². The molecule has 1 unspecified atom stereocenters. The van der Waals surface area contributed by atoms with E-state index >= 15 is 0 Å². The number of pyridine rings is 1. The highest BCUT2D eigenvalue weighted by atomic mass is 32.2. The number of nitrogens with one attached hydrogen (secondary N) is 1. The summed E-state index contributed by atoms with van der Waals surface area (Å²) in [5, 5.41) is 5.81. The highest BCUT2D eigenvalue weighted by Gasteiger charge is 2.20. The van der Waals surface area contributed by atoms with E-state index in [1.165, 1.54) is 0 Å². The van der Waals surface area contributed by atoms with Crippen LogP contribution in [0.1, 0.15) is 30.7 Å². The van der Waals surface area contributed by atoms with E-state index in [2.05, 4.69) is 9.71 Å². The number of carbonyl (C=O) groups is 1. The van der Waals surface area contributed by atoms with Gasteiger partial charge in [0.2, 0.25) is 5.91 Å². The molecule has 124 valence electrons. The number of hydrogen-bond donors (Lipinski definition) is 3. The first-order chi connectivity index (χ1) is 10.9. The molecule has 2 aromatic rings. The average molecular weight is 336 g/mol. The summed E-state index contributed by atoms with van der Waals surface area (Å²) in [5.41, 5.74) is 7.11.